The molecular formula is C19H16Cl2N4O. The van der Waals surface area contributed by atoms with E-state index in [1.165, 1.54) is 0 Å². The highest BCUT2D eigenvalue weighted by Crippen LogP contribution is 2.37. The molecule has 0 amide bonds. The van der Waals surface area contributed by atoms with Gasteiger partial charge in [-0.3, -0.25) is 5.41 Å². The van der Waals surface area contributed by atoms with Crippen LogP contribution in [0.25, 0.3) is 16.6 Å². The third-order valence-corrected chi connectivity index (χ3v) is 5.47. The number of hydrogen-bond donors (Lipinski definition) is 3. The minimum Gasteiger partial charge on any atom is -0.509 e. The van der Waals surface area contributed by atoms with Crippen LogP contribution in [0.15, 0.2) is 36.1 Å². The number of anilines is 1. The second-order valence-corrected chi connectivity index (χ2v) is 7.15. The fraction of sp³-hybridized carbons (Fsp3) is 0.158. The molecule has 7 heteroatoms. The van der Waals surface area contributed by atoms with Crippen molar-refractivity contribution in [1.82, 2.24) is 9.97 Å². The summed E-state index contributed by atoms with van der Waals surface area (Å²) in [6.07, 6.45) is 0. The first-order valence-corrected chi connectivity index (χ1v) is 8.82. The lowest BCUT2D eigenvalue weighted by Crippen LogP contribution is -2.26. The number of rotatable bonds is 2. The first-order chi connectivity index (χ1) is 12.4. The Morgan fingerprint density at radius 2 is 1.92 bits per heavy atom. The number of aliphatic hydroxyl groups excluding tert-OH is 1. The van der Waals surface area contributed by atoms with Crippen LogP contribution < -0.4 is 4.90 Å². The number of fused-ring (bicyclic) bond motifs is 1. The van der Waals surface area contributed by atoms with Crippen LogP contribution in [-0.4, -0.2) is 27.5 Å². The van der Waals surface area contributed by atoms with Gasteiger partial charge in [0.1, 0.15) is 17.4 Å². The van der Waals surface area contributed by atoms with Crippen molar-refractivity contribution in [3.8, 4) is 0 Å². The number of halogens is 2. The molecule has 1 aromatic heterocycles. The lowest BCUT2D eigenvalue weighted by Gasteiger charge is -2.20. The summed E-state index contributed by atoms with van der Waals surface area (Å²) in [6.45, 7) is 4.20. The van der Waals surface area contributed by atoms with Gasteiger partial charge in [-0.25, -0.2) is 4.98 Å². The number of H-pyrrole nitrogens is 1. The highest BCUT2D eigenvalue weighted by atomic mass is 35.5. The van der Waals surface area contributed by atoms with Crippen molar-refractivity contribution >= 4 is 51.3 Å². The first kappa shape index (κ1) is 16.9. The van der Waals surface area contributed by atoms with Crippen molar-refractivity contribution in [3.05, 3.63) is 63.1 Å². The average Bonchev–Trinajstić information content (AvgIpc) is 3.10. The number of amidine groups is 1. The predicted molar refractivity (Wildman–Crippen MR) is 107 cm³/mol. The molecule has 3 N–H and O–H groups in total. The maximum atomic E-state index is 10.5. The number of aromatic nitrogens is 2. The highest BCUT2D eigenvalue weighted by Gasteiger charge is 2.32. The van der Waals surface area contributed by atoms with Crippen molar-refractivity contribution in [2.24, 2.45) is 0 Å². The van der Waals surface area contributed by atoms with Crippen LogP contribution in [0.5, 0.6) is 0 Å². The monoisotopic (exact) mass is 386 g/mol. The molecular weight excluding hydrogens is 371 g/mol. The van der Waals surface area contributed by atoms with Crippen LogP contribution >= 0.6 is 23.2 Å². The molecule has 4 rings (SSSR count). The van der Waals surface area contributed by atoms with E-state index in [1.807, 2.05) is 26.0 Å². The molecule has 0 spiro atoms. The summed E-state index contributed by atoms with van der Waals surface area (Å²) >= 11 is 12.4. The van der Waals surface area contributed by atoms with Gasteiger partial charge in [0.05, 0.1) is 38.9 Å². The summed E-state index contributed by atoms with van der Waals surface area (Å²) < 4.78 is 0. The van der Waals surface area contributed by atoms with Gasteiger partial charge in [0, 0.05) is 0 Å². The molecule has 26 heavy (non-hydrogen) atoms. The normalized spacial score (nSPS) is 14.8. The number of nitrogens with one attached hydrogen (secondary N) is 2. The summed E-state index contributed by atoms with van der Waals surface area (Å²) in [4.78, 5) is 9.39. The third-order valence-electron chi connectivity index (χ3n) is 4.66. The zero-order chi connectivity index (χ0) is 18.6. The minimum atomic E-state index is 0.0681. The standard InChI is InChI=1S/C19H16Cl2N4O/c1-9-6-12-13(7-10(9)2)24-19(23-12)16-15(26)8-25(18(16)22)14-5-3-4-11(20)17(14)21/h3-7,22,26H,8H2,1-2H3,(H,23,24). The van der Waals surface area contributed by atoms with Crippen molar-refractivity contribution in [1.29, 1.82) is 5.41 Å². The SMILES string of the molecule is Cc1cc2nc(C3=C(O)CN(c4cccc(Cl)c4Cl)C3=N)[nH]c2cc1C. The van der Waals surface area contributed by atoms with Gasteiger partial charge in [-0.2, -0.15) is 0 Å². The van der Waals surface area contributed by atoms with Gasteiger partial charge in [0.25, 0.3) is 0 Å². The molecule has 1 aliphatic rings. The average molecular weight is 387 g/mol. The quantitative estimate of drug-likeness (QED) is 0.562. The molecule has 3 aromatic rings. The highest BCUT2D eigenvalue weighted by molar-refractivity contribution is 6.44. The lowest BCUT2D eigenvalue weighted by molar-refractivity contribution is 0.411. The van der Waals surface area contributed by atoms with Crippen LogP contribution in [0.4, 0.5) is 5.69 Å². The number of hydrogen-bond acceptors (Lipinski definition) is 3. The molecule has 0 saturated heterocycles. The number of nitrogens with zero attached hydrogens (tertiary/aromatic N) is 2. The van der Waals surface area contributed by atoms with E-state index in [0.29, 0.717) is 27.1 Å². The Bertz CT molecular complexity index is 1060. The summed E-state index contributed by atoms with van der Waals surface area (Å²) in [5.74, 6) is 0.658. The van der Waals surface area contributed by atoms with Crippen molar-refractivity contribution < 1.29 is 5.11 Å². The lowest BCUT2D eigenvalue weighted by atomic mass is 10.1. The van der Waals surface area contributed by atoms with Crippen molar-refractivity contribution in [2.45, 2.75) is 13.8 Å². The Morgan fingerprint density at radius 1 is 1.19 bits per heavy atom. The van der Waals surface area contributed by atoms with Gasteiger partial charge in [0.2, 0.25) is 0 Å². The number of aromatic amines is 1. The van der Waals surface area contributed by atoms with E-state index in [9.17, 15) is 5.11 Å². The molecule has 0 unspecified atom stereocenters. The molecule has 0 atom stereocenters. The number of benzene rings is 2. The number of aliphatic hydroxyl groups is 1. The van der Waals surface area contributed by atoms with Gasteiger partial charge < -0.3 is 15.0 Å². The summed E-state index contributed by atoms with van der Waals surface area (Å²) in [5, 5.41) is 19.8. The van der Waals surface area contributed by atoms with Gasteiger partial charge in [-0.1, -0.05) is 29.3 Å². The molecule has 132 valence electrons. The predicted octanol–water partition coefficient (Wildman–Crippen LogP) is 5.25. The van der Waals surface area contributed by atoms with Crippen molar-refractivity contribution in [3.63, 3.8) is 0 Å². The molecule has 2 aromatic carbocycles. The topological polar surface area (TPSA) is 76.0 Å². The van der Waals surface area contributed by atoms with E-state index in [0.717, 1.165) is 22.2 Å². The Hall–Kier alpha value is -2.50. The molecule has 0 saturated carbocycles. The van der Waals surface area contributed by atoms with Crippen LogP contribution in [0.3, 0.4) is 0 Å². The molecule has 0 radical (unpaired) electrons. The zero-order valence-electron chi connectivity index (χ0n) is 14.2. The molecule has 0 fully saturated rings. The Morgan fingerprint density at radius 3 is 2.69 bits per heavy atom. The van der Waals surface area contributed by atoms with Gasteiger partial charge in [-0.05, 0) is 49.2 Å². The van der Waals surface area contributed by atoms with E-state index < -0.39 is 0 Å². The second kappa shape index (κ2) is 6.04. The maximum absolute atomic E-state index is 10.5. The van der Waals surface area contributed by atoms with Crippen LogP contribution in [0.1, 0.15) is 17.0 Å². The maximum Gasteiger partial charge on any atom is 0.145 e. The molecule has 0 aliphatic carbocycles. The number of imidazole rings is 1. The van der Waals surface area contributed by atoms with Gasteiger partial charge in [0.15, 0.2) is 0 Å². The Kier molecular flexibility index (Phi) is 3.93. The fourth-order valence-electron chi connectivity index (χ4n) is 3.12. The third kappa shape index (κ3) is 2.55. The molecule has 2 heterocycles. The van der Waals surface area contributed by atoms with Gasteiger partial charge in [-0.15, -0.1) is 0 Å². The first-order valence-electron chi connectivity index (χ1n) is 8.06. The summed E-state index contributed by atoms with van der Waals surface area (Å²) in [5.41, 5.74) is 4.91. The van der Waals surface area contributed by atoms with Gasteiger partial charge >= 0.3 is 0 Å². The molecule has 5 nitrogen and oxygen atoms in total. The van der Waals surface area contributed by atoms with Crippen LogP contribution in [0, 0.1) is 19.3 Å². The van der Waals surface area contributed by atoms with E-state index in [1.54, 1.807) is 23.1 Å². The summed E-state index contributed by atoms with van der Waals surface area (Å²) in [7, 11) is 0. The zero-order valence-corrected chi connectivity index (χ0v) is 15.7. The van der Waals surface area contributed by atoms with E-state index >= 15 is 0 Å². The summed E-state index contributed by atoms with van der Waals surface area (Å²) in [6, 6.07) is 9.23. The Balaban J connectivity index is 1.77. The fourth-order valence-corrected chi connectivity index (χ4v) is 3.52. The number of aryl methyl sites for hydroxylation is 2. The Labute approximate surface area is 160 Å². The van der Waals surface area contributed by atoms with Crippen molar-refractivity contribution in [2.75, 3.05) is 11.4 Å². The van der Waals surface area contributed by atoms with E-state index in [4.69, 9.17) is 28.6 Å². The van der Waals surface area contributed by atoms with Crippen LogP contribution in [-0.2, 0) is 0 Å². The largest absolute Gasteiger partial charge is 0.509 e. The van der Waals surface area contributed by atoms with E-state index in [2.05, 4.69) is 9.97 Å². The second-order valence-electron chi connectivity index (χ2n) is 6.37. The minimum absolute atomic E-state index is 0.0681. The van der Waals surface area contributed by atoms with Crippen LogP contribution in [0.2, 0.25) is 10.0 Å². The van der Waals surface area contributed by atoms with E-state index in [-0.39, 0.29) is 18.1 Å². The molecule has 1 aliphatic heterocycles. The smallest absolute Gasteiger partial charge is 0.145 e. The molecule has 0 bridgehead atoms.